The van der Waals surface area contributed by atoms with E-state index in [1.165, 1.54) is 29.8 Å². The predicted molar refractivity (Wildman–Crippen MR) is 119 cm³/mol. The molecule has 1 aliphatic heterocycles. The molecule has 1 saturated heterocycles. The van der Waals surface area contributed by atoms with Gasteiger partial charge in [-0.25, -0.2) is 0 Å². The smallest absolute Gasteiger partial charge is 0.289 e. The van der Waals surface area contributed by atoms with Crippen molar-refractivity contribution in [3.05, 3.63) is 92.9 Å². The Bertz CT molecular complexity index is 1070. The molecular weight excluding hydrogens is 434 g/mol. The van der Waals surface area contributed by atoms with Gasteiger partial charge in [-0.3, -0.25) is 19.8 Å². The Morgan fingerprint density at radius 1 is 1.00 bits per heavy atom. The number of non-ortho nitro benzene ring substituents is 1. The maximum absolute atomic E-state index is 12.8. The number of carbonyl (C=O) groups excluding carboxylic acids is 1. The Labute approximate surface area is 190 Å². The summed E-state index contributed by atoms with van der Waals surface area (Å²) in [5.74, 6) is 1.13. The molecule has 0 N–H and O–H groups in total. The van der Waals surface area contributed by atoms with E-state index in [1.54, 1.807) is 17.0 Å². The van der Waals surface area contributed by atoms with E-state index in [1.807, 2.05) is 24.3 Å². The molecule has 0 atom stereocenters. The predicted octanol–water partition coefficient (Wildman–Crippen LogP) is 4.38. The first-order chi connectivity index (χ1) is 15.5. The van der Waals surface area contributed by atoms with Crippen LogP contribution in [0.2, 0.25) is 5.02 Å². The van der Waals surface area contributed by atoms with Crippen LogP contribution in [0, 0.1) is 10.1 Å². The van der Waals surface area contributed by atoms with Gasteiger partial charge in [0.1, 0.15) is 18.1 Å². The standard InChI is InChI=1S/C23H22ClN3O5/c24-18-3-1-17(2-4-18)15-25-11-13-26(14-12-25)23(28)22-10-9-21(32-22)16-31-20-7-5-19(6-8-20)27(29)30/h1-10H,11-16H2. The Balaban J connectivity index is 1.26. The third kappa shape index (κ3) is 5.46. The molecule has 8 nitrogen and oxygen atoms in total. The van der Waals surface area contributed by atoms with E-state index in [4.69, 9.17) is 20.8 Å². The second kappa shape index (κ2) is 9.84. The summed E-state index contributed by atoms with van der Waals surface area (Å²) in [5, 5.41) is 11.4. The number of benzene rings is 2. The summed E-state index contributed by atoms with van der Waals surface area (Å²) in [6.45, 7) is 3.77. The third-order valence-corrected chi connectivity index (χ3v) is 5.53. The second-order valence-electron chi connectivity index (χ2n) is 7.50. The summed E-state index contributed by atoms with van der Waals surface area (Å²) in [4.78, 5) is 27.1. The van der Waals surface area contributed by atoms with Crippen LogP contribution in [0.4, 0.5) is 5.69 Å². The van der Waals surface area contributed by atoms with Crippen molar-refractivity contribution in [2.45, 2.75) is 13.2 Å². The summed E-state index contributed by atoms with van der Waals surface area (Å²) >= 11 is 5.94. The molecule has 2 heterocycles. The molecule has 32 heavy (non-hydrogen) atoms. The largest absolute Gasteiger partial charge is 0.486 e. The first-order valence-corrected chi connectivity index (χ1v) is 10.6. The topological polar surface area (TPSA) is 89.1 Å². The van der Waals surface area contributed by atoms with Gasteiger partial charge >= 0.3 is 0 Å². The fourth-order valence-electron chi connectivity index (χ4n) is 3.50. The molecular formula is C23H22ClN3O5. The molecule has 0 radical (unpaired) electrons. The van der Waals surface area contributed by atoms with Gasteiger partial charge in [-0.2, -0.15) is 0 Å². The Morgan fingerprint density at radius 2 is 1.69 bits per heavy atom. The minimum atomic E-state index is -0.467. The van der Waals surface area contributed by atoms with E-state index in [-0.39, 0.29) is 24.0 Å². The van der Waals surface area contributed by atoms with E-state index in [0.717, 1.165) is 24.7 Å². The van der Waals surface area contributed by atoms with Crippen molar-refractivity contribution in [1.29, 1.82) is 0 Å². The molecule has 1 fully saturated rings. The normalized spacial score (nSPS) is 14.3. The Hall–Kier alpha value is -3.36. The SMILES string of the molecule is O=C(c1ccc(COc2ccc([N+](=O)[O-])cc2)o1)N1CCN(Cc2ccc(Cl)cc2)CC1. The van der Waals surface area contributed by atoms with Gasteiger partial charge in [-0.15, -0.1) is 0 Å². The molecule has 166 valence electrons. The Kier molecular flexibility index (Phi) is 6.72. The number of carbonyl (C=O) groups is 1. The van der Waals surface area contributed by atoms with Gasteiger partial charge in [-0.05, 0) is 42.0 Å². The molecule has 2 aromatic carbocycles. The number of amides is 1. The van der Waals surface area contributed by atoms with Gasteiger partial charge < -0.3 is 14.1 Å². The van der Waals surface area contributed by atoms with E-state index < -0.39 is 4.92 Å². The molecule has 0 aliphatic carbocycles. The zero-order valence-corrected chi connectivity index (χ0v) is 18.0. The highest BCUT2D eigenvalue weighted by Gasteiger charge is 2.24. The fraction of sp³-hybridized carbons (Fsp3) is 0.261. The van der Waals surface area contributed by atoms with Gasteiger partial charge in [0.2, 0.25) is 0 Å². The summed E-state index contributed by atoms with van der Waals surface area (Å²) in [7, 11) is 0. The number of hydrogen-bond donors (Lipinski definition) is 0. The number of nitrogens with zero attached hydrogens (tertiary/aromatic N) is 3. The maximum Gasteiger partial charge on any atom is 0.289 e. The minimum absolute atomic E-state index is 0.00325. The van der Waals surface area contributed by atoms with Gasteiger partial charge in [0.25, 0.3) is 11.6 Å². The average molecular weight is 456 g/mol. The number of nitro benzene ring substituents is 1. The third-order valence-electron chi connectivity index (χ3n) is 5.28. The number of halogens is 1. The van der Waals surface area contributed by atoms with Crippen LogP contribution in [0.15, 0.2) is 65.1 Å². The molecule has 1 aromatic heterocycles. The van der Waals surface area contributed by atoms with Crippen LogP contribution < -0.4 is 4.74 Å². The highest BCUT2D eigenvalue weighted by molar-refractivity contribution is 6.30. The zero-order valence-electron chi connectivity index (χ0n) is 17.3. The summed E-state index contributed by atoms with van der Waals surface area (Å²) in [5.41, 5.74) is 1.19. The van der Waals surface area contributed by atoms with Crippen molar-refractivity contribution in [1.82, 2.24) is 9.80 Å². The van der Waals surface area contributed by atoms with Crippen LogP contribution >= 0.6 is 11.6 Å². The van der Waals surface area contributed by atoms with E-state index in [0.29, 0.717) is 24.6 Å². The van der Waals surface area contributed by atoms with Crippen LogP contribution in [0.25, 0.3) is 0 Å². The van der Waals surface area contributed by atoms with Crippen LogP contribution in [-0.4, -0.2) is 46.8 Å². The average Bonchev–Trinajstić information content (AvgIpc) is 3.29. The number of furan rings is 1. The maximum atomic E-state index is 12.8. The molecule has 1 aliphatic rings. The quantitative estimate of drug-likeness (QED) is 0.388. The monoisotopic (exact) mass is 455 g/mol. The lowest BCUT2D eigenvalue weighted by atomic mass is 10.2. The van der Waals surface area contributed by atoms with Crippen LogP contribution in [-0.2, 0) is 13.2 Å². The number of rotatable bonds is 7. The number of nitro groups is 1. The van der Waals surface area contributed by atoms with Crippen LogP contribution in [0.1, 0.15) is 21.9 Å². The van der Waals surface area contributed by atoms with Crippen molar-refractivity contribution < 1.29 is 18.9 Å². The lowest BCUT2D eigenvalue weighted by molar-refractivity contribution is -0.384. The highest BCUT2D eigenvalue weighted by atomic mass is 35.5. The fourth-order valence-corrected chi connectivity index (χ4v) is 3.63. The molecule has 1 amide bonds. The molecule has 0 bridgehead atoms. The van der Waals surface area contributed by atoms with Crippen molar-refractivity contribution in [3.63, 3.8) is 0 Å². The van der Waals surface area contributed by atoms with Crippen molar-refractivity contribution in [3.8, 4) is 5.75 Å². The lowest BCUT2D eigenvalue weighted by Crippen LogP contribution is -2.48. The Morgan fingerprint density at radius 3 is 2.34 bits per heavy atom. The van der Waals surface area contributed by atoms with Crippen LogP contribution in [0.5, 0.6) is 5.75 Å². The van der Waals surface area contributed by atoms with Gasteiger partial charge in [0.15, 0.2) is 5.76 Å². The molecule has 4 rings (SSSR count). The van der Waals surface area contributed by atoms with Gasteiger partial charge in [-0.1, -0.05) is 23.7 Å². The van der Waals surface area contributed by atoms with E-state index in [2.05, 4.69) is 4.90 Å². The first kappa shape index (κ1) is 21.9. The number of piperazine rings is 1. The van der Waals surface area contributed by atoms with Gasteiger partial charge in [0, 0.05) is 49.9 Å². The molecule has 3 aromatic rings. The van der Waals surface area contributed by atoms with Gasteiger partial charge in [0.05, 0.1) is 4.92 Å². The molecule has 0 saturated carbocycles. The summed E-state index contributed by atoms with van der Waals surface area (Å²) in [6, 6.07) is 17.0. The van der Waals surface area contributed by atoms with Crippen molar-refractivity contribution in [2.24, 2.45) is 0 Å². The lowest BCUT2D eigenvalue weighted by Gasteiger charge is -2.34. The van der Waals surface area contributed by atoms with E-state index >= 15 is 0 Å². The van der Waals surface area contributed by atoms with Crippen molar-refractivity contribution >= 4 is 23.2 Å². The number of ether oxygens (including phenoxy) is 1. The number of hydrogen-bond acceptors (Lipinski definition) is 6. The molecule has 9 heteroatoms. The molecule has 0 spiro atoms. The summed E-state index contributed by atoms with van der Waals surface area (Å²) < 4.78 is 11.3. The zero-order chi connectivity index (χ0) is 22.5. The van der Waals surface area contributed by atoms with Crippen molar-refractivity contribution in [2.75, 3.05) is 26.2 Å². The second-order valence-corrected chi connectivity index (χ2v) is 7.94. The highest BCUT2D eigenvalue weighted by Crippen LogP contribution is 2.20. The van der Waals surface area contributed by atoms with Crippen LogP contribution in [0.3, 0.4) is 0 Å². The van der Waals surface area contributed by atoms with E-state index in [9.17, 15) is 14.9 Å². The minimum Gasteiger partial charge on any atom is -0.486 e. The molecule has 0 unspecified atom stereocenters. The first-order valence-electron chi connectivity index (χ1n) is 10.2. The summed E-state index contributed by atoms with van der Waals surface area (Å²) in [6.07, 6.45) is 0.